The summed E-state index contributed by atoms with van der Waals surface area (Å²) >= 11 is 0. The molecule has 22 heavy (non-hydrogen) atoms. The standard InChI is InChI=1S/C15H19N5O2/c1-2-12-16-5-6-20(12)10-15(3-4-15)9-19-14(22)11-7-18-13(21)8-17-11/h5-8H,2-4,9-10H2,1H3,(H,18,21)(H,19,22). The van der Waals surface area contributed by atoms with Crippen LogP contribution in [0.2, 0.25) is 0 Å². The lowest BCUT2D eigenvalue weighted by Crippen LogP contribution is -2.33. The van der Waals surface area contributed by atoms with E-state index in [-0.39, 0.29) is 22.6 Å². The van der Waals surface area contributed by atoms with Crippen LogP contribution >= 0.6 is 0 Å². The van der Waals surface area contributed by atoms with Gasteiger partial charge in [0.2, 0.25) is 0 Å². The molecule has 0 saturated heterocycles. The molecule has 2 aromatic heterocycles. The number of carbonyl (C=O) groups is 1. The summed E-state index contributed by atoms with van der Waals surface area (Å²) in [5.41, 5.74) is 0.0253. The van der Waals surface area contributed by atoms with Gasteiger partial charge in [-0.3, -0.25) is 9.59 Å². The van der Waals surface area contributed by atoms with Gasteiger partial charge < -0.3 is 14.9 Å². The summed E-state index contributed by atoms with van der Waals surface area (Å²) in [5, 5.41) is 2.91. The molecule has 0 spiro atoms. The van der Waals surface area contributed by atoms with E-state index in [0.29, 0.717) is 6.54 Å². The molecule has 0 aromatic carbocycles. The number of amides is 1. The fourth-order valence-corrected chi connectivity index (χ4v) is 2.55. The zero-order valence-electron chi connectivity index (χ0n) is 12.5. The Morgan fingerprint density at radius 2 is 2.27 bits per heavy atom. The lowest BCUT2D eigenvalue weighted by molar-refractivity contribution is 0.0937. The van der Waals surface area contributed by atoms with Crippen LogP contribution in [-0.2, 0) is 13.0 Å². The third-order valence-corrected chi connectivity index (χ3v) is 4.11. The van der Waals surface area contributed by atoms with E-state index in [4.69, 9.17) is 0 Å². The molecule has 1 fully saturated rings. The number of hydrogen-bond donors (Lipinski definition) is 2. The van der Waals surface area contributed by atoms with Crippen molar-refractivity contribution < 1.29 is 4.79 Å². The highest BCUT2D eigenvalue weighted by atomic mass is 16.2. The Morgan fingerprint density at radius 3 is 2.91 bits per heavy atom. The van der Waals surface area contributed by atoms with Crippen molar-refractivity contribution in [2.24, 2.45) is 5.41 Å². The number of rotatable bonds is 6. The van der Waals surface area contributed by atoms with Crippen molar-refractivity contribution in [1.29, 1.82) is 0 Å². The molecule has 0 unspecified atom stereocenters. The van der Waals surface area contributed by atoms with Crippen molar-refractivity contribution in [1.82, 2.24) is 24.8 Å². The third-order valence-electron chi connectivity index (χ3n) is 4.11. The van der Waals surface area contributed by atoms with Gasteiger partial charge in [-0.25, -0.2) is 9.97 Å². The summed E-state index contributed by atoms with van der Waals surface area (Å²) in [6.45, 7) is 3.56. The Labute approximate surface area is 127 Å². The highest BCUT2D eigenvalue weighted by Gasteiger charge is 2.43. The summed E-state index contributed by atoms with van der Waals surface area (Å²) in [6.07, 6.45) is 9.34. The number of H-pyrrole nitrogens is 1. The number of aryl methyl sites for hydroxylation is 1. The van der Waals surface area contributed by atoms with E-state index in [2.05, 4.69) is 31.8 Å². The van der Waals surface area contributed by atoms with Crippen LogP contribution in [-0.4, -0.2) is 32.0 Å². The summed E-state index contributed by atoms with van der Waals surface area (Å²) in [5.74, 6) is 0.809. The van der Waals surface area contributed by atoms with Gasteiger partial charge in [0, 0.05) is 43.5 Å². The molecule has 2 aromatic rings. The molecule has 116 valence electrons. The lowest BCUT2D eigenvalue weighted by atomic mass is 10.1. The maximum atomic E-state index is 12.0. The number of hydrogen-bond acceptors (Lipinski definition) is 4. The first-order chi connectivity index (χ1) is 10.6. The quantitative estimate of drug-likeness (QED) is 0.823. The van der Waals surface area contributed by atoms with Crippen molar-refractivity contribution in [3.8, 4) is 0 Å². The maximum Gasteiger partial charge on any atom is 0.271 e. The minimum Gasteiger partial charge on any atom is -0.350 e. The van der Waals surface area contributed by atoms with E-state index in [9.17, 15) is 9.59 Å². The molecule has 1 aliphatic rings. The van der Waals surface area contributed by atoms with Gasteiger partial charge in [-0.15, -0.1) is 0 Å². The molecule has 7 nitrogen and oxygen atoms in total. The first-order valence-corrected chi connectivity index (χ1v) is 7.45. The largest absolute Gasteiger partial charge is 0.350 e. The Balaban J connectivity index is 1.60. The minimum absolute atomic E-state index is 0.114. The van der Waals surface area contributed by atoms with E-state index < -0.39 is 0 Å². The Kier molecular flexibility index (Phi) is 3.79. The zero-order valence-corrected chi connectivity index (χ0v) is 12.5. The number of aromatic amines is 1. The number of aromatic nitrogens is 4. The second-order valence-electron chi connectivity index (χ2n) is 5.80. The van der Waals surface area contributed by atoms with Gasteiger partial charge >= 0.3 is 0 Å². The molecule has 7 heteroatoms. The van der Waals surface area contributed by atoms with Gasteiger partial charge in [-0.05, 0) is 12.8 Å². The van der Waals surface area contributed by atoms with Crippen molar-refractivity contribution >= 4 is 5.91 Å². The SMILES string of the molecule is CCc1nccn1CC1(CNC(=O)c2c[nH]c(=O)cn2)CC1. The number of carbonyl (C=O) groups excluding carboxylic acids is 1. The van der Waals surface area contributed by atoms with Crippen LogP contribution in [0.5, 0.6) is 0 Å². The molecule has 0 atom stereocenters. The van der Waals surface area contributed by atoms with Gasteiger partial charge in [-0.2, -0.15) is 0 Å². The smallest absolute Gasteiger partial charge is 0.271 e. The van der Waals surface area contributed by atoms with Crippen LogP contribution in [0, 0.1) is 5.41 Å². The summed E-state index contributed by atoms with van der Waals surface area (Å²) in [4.78, 5) is 33.6. The minimum atomic E-state index is -0.317. The second kappa shape index (κ2) is 5.75. The highest BCUT2D eigenvalue weighted by Crippen LogP contribution is 2.46. The van der Waals surface area contributed by atoms with E-state index >= 15 is 0 Å². The molecule has 0 aliphatic heterocycles. The van der Waals surface area contributed by atoms with Crippen LogP contribution in [0.4, 0.5) is 0 Å². The lowest BCUT2D eigenvalue weighted by Gasteiger charge is -2.18. The van der Waals surface area contributed by atoms with Crippen molar-refractivity contribution in [3.05, 3.63) is 46.7 Å². The van der Waals surface area contributed by atoms with Gasteiger partial charge in [-0.1, -0.05) is 6.92 Å². The maximum absolute atomic E-state index is 12.0. The third kappa shape index (κ3) is 3.08. The average Bonchev–Trinajstić information content (AvgIpc) is 3.14. The van der Waals surface area contributed by atoms with Gasteiger partial charge in [0.25, 0.3) is 11.5 Å². The van der Waals surface area contributed by atoms with Crippen molar-refractivity contribution in [2.75, 3.05) is 6.54 Å². The second-order valence-corrected chi connectivity index (χ2v) is 5.80. The molecule has 2 N–H and O–H groups in total. The molecule has 2 heterocycles. The molecule has 1 saturated carbocycles. The van der Waals surface area contributed by atoms with E-state index in [1.807, 2.05) is 12.4 Å². The van der Waals surface area contributed by atoms with E-state index in [1.54, 1.807) is 0 Å². The molecular formula is C15H19N5O2. The van der Waals surface area contributed by atoms with Gasteiger partial charge in [0.15, 0.2) is 0 Å². The number of nitrogens with zero attached hydrogens (tertiary/aromatic N) is 3. The summed E-state index contributed by atoms with van der Waals surface area (Å²) in [7, 11) is 0. The van der Waals surface area contributed by atoms with Gasteiger partial charge in [0.1, 0.15) is 11.5 Å². The Hall–Kier alpha value is -2.44. The van der Waals surface area contributed by atoms with Crippen LogP contribution in [0.25, 0.3) is 0 Å². The van der Waals surface area contributed by atoms with Crippen LogP contribution in [0.1, 0.15) is 36.1 Å². The molecule has 3 rings (SSSR count). The van der Waals surface area contributed by atoms with Crippen molar-refractivity contribution in [2.45, 2.75) is 32.7 Å². The predicted octanol–water partition coefficient (Wildman–Crippen LogP) is 0.739. The summed E-state index contributed by atoms with van der Waals surface area (Å²) in [6, 6.07) is 0. The molecule has 0 bridgehead atoms. The Morgan fingerprint density at radius 1 is 1.45 bits per heavy atom. The number of imidazole rings is 1. The first kappa shape index (κ1) is 14.5. The van der Waals surface area contributed by atoms with Crippen molar-refractivity contribution in [3.63, 3.8) is 0 Å². The zero-order chi connectivity index (χ0) is 15.6. The highest BCUT2D eigenvalue weighted by molar-refractivity contribution is 5.91. The number of nitrogens with one attached hydrogen (secondary N) is 2. The van der Waals surface area contributed by atoms with E-state index in [1.165, 1.54) is 6.20 Å². The molecule has 0 radical (unpaired) electrons. The first-order valence-electron chi connectivity index (χ1n) is 7.45. The van der Waals surface area contributed by atoms with E-state index in [0.717, 1.165) is 37.8 Å². The molecule has 1 aliphatic carbocycles. The normalized spacial score (nSPS) is 15.5. The summed E-state index contributed by atoms with van der Waals surface area (Å²) < 4.78 is 2.16. The van der Waals surface area contributed by atoms with Crippen LogP contribution in [0.15, 0.2) is 29.6 Å². The van der Waals surface area contributed by atoms with Crippen LogP contribution < -0.4 is 10.9 Å². The monoisotopic (exact) mass is 301 g/mol. The topological polar surface area (TPSA) is 92.7 Å². The fourth-order valence-electron chi connectivity index (χ4n) is 2.55. The molecular weight excluding hydrogens is 282 g/mol. The predicted molar refractivity (Wildman–Crippen MR) is 80.5 cm³/mol. The Bertz CT molecular complexity index is 709. The fraction of sp³-hybridized carbons (Fsp3) is 0.467. The molecule has 1 amide bonds. The van der Waals surface area contributed by atoms with Crippen LogP contribution in [0.3, 0.4) is 0 Å². The average molecular weight is 301 g/mol. The van der Waals surface area contributed by atoms with Gasteiger partial charge in [0.05, 0.1) is 6.20 Å².